The fourth-order valence-electron chi connectivity index (χ4n) is 1.97. The van der Waals surface area contributed by atoms with E-state index in [-0.39, 0.29) is 0 Å². The van der Waals surface area contributed by atoms with Gasteiger partial charge in [0.05, 0.1) is 11.9 Å². The molecule has 2 aromatic rings. The molecule has 0 atom stereocenters. The van der Waals surface area contributed by atoms with Crippen molar-refractivity contribution in [3.63, 3.8) is 0 Å². The van der Waals surface area contributed by atoms with E-state index in [2.05, 4.69) is 36.2 Å². The average Bonchev–Trinajstić information content (AvgIpc) is 2.38. The average molecular weight is 212 g/mol. The molecule has 0 spiro atoms. The van der Waals surface area contributed by atoms with Crippen LogP contribution in [0.2, 0.25) is 0 Å². The van der Waals surface area contributed by atoms with Crippen LogP contribution in [0, 0.1) is 0 Å². The minimum atomic E-state index is 1.00. The predicted octanol–water partition coefficient (Wildman–Crippen LogP) is 3.27. The molecule has 0 radical (unpaired) electrons. The van der Waals surface area contributed by atoms with Gasteiger partial charge in [-0.05, 0) is 24.0 Å². The molecule has 2 rings (SSSR count). The predicted molar refractivity (Wildman–Crippen MR) is 66.2 cm³/mol. The summed E-state index contributed by atoms with van der Waals surface area (Å²) < 4.78 is 0. The zero-order chi connectivity index (χ0) is 11.4. The van der Waals surface area contributed by atoms with E-state index < -0.39 is 0 Å². The van der Waals surface area contributed by atoms with Crippen LogP contribution in [-0.2, 0) is 12.8 Å². The summed E-state index contributed by atoms with van der Waals surface area (Å²) in [6.07, 6.45) is 3.90. The molecule has 0 unspecified atom stereocenters. The Morgan fingerprint density at radius 3 is 2.38 bits per heavy atom. The molecule has 82 valence electrons. The standard InChI is InChI=1S/C14H16N2/c1-3-11-10-15-16-14(13(11)4-2)12-8-6-5-7-9-12/h5-10H,3-4H2,1-2H3. The van der Waals surface area contributed by atoms with Crippen molar-refractivity contribution in [2.75, 3.05) is 0 Å². The van der Waals surface area contributed by atoms with Gasteiger partial charge in [-0.25, -0.2) is 0 Å². The zero-order valence-electron chi connectivity index (χ0n) is 9.77. The van der Waals surface area contributed by atoms with Crippen LogP contribution in [0.4, 0.5) is 0 Å². The van der Waals surface area contributed by atoms with Crippen LogP contribution in [0.15, 0.2) is 36.5 Å². The summed E-state index contributed by atoms with van der Waals surface area (Å²) in [4.78, 5) is 0. The molecular formula is C14H16N2. The third-order valence-corrected chi connectivity index (χ3v) is 2.83. The molecule has 0 saturated heterocycles. The van der Waals surface area contributed by atoms with Crippen molar-refractivity contribution in [1.82, 2.24) is 10.2 Å². The van der Waals surface area contributed by atoms with Crippen molar-refractivity contribution in [3.05, 3.63) is 47.7 Å². The smallest absolute Gasteiger partial charge is 0.0964 e. The third-order valence-electron chi connectivity index (χ3n) is 2.83. The quantitative estimate of drug-likeness (QED) is 0.780. The first-order valence-electron chi connectivity index (χ1n) is 5.75. The topological polar surface area (TPSA) is 25.8 Å². The Kier molecular flexibility index (Phi) is 3.30. The van der Waals surface area contributed by atoms with E-state index in [0.717, 1.165) is 24.1 Å². The molecule has 1 aromatic heterocycles. The lowest BCUT2D eigenvalue weighted by atomic mass is 9.99. The maximum Gasteiger partial charge on any atom is 0.0964 e. The van der Waals surface area contributed by atoms with E-state index in [0.29, 0.717) is 0 Å². The van der Waals surface area contributed by atoms with Gasteiger partial charge >= 0.3 is 0 Å². The lowest BCUT2D eigenvalue weighted by Gasteiger charge is -2.10. The Morgan fingerprint density at radius 2 is 1.75 bits per heavy atom. The highest BCUT2D eigenvalue weighted by molar-refractivity contribution is 5.63. The molecule has 0 fully saturated rings. The second-order valence-electron chi connectivity index (χ2n) is 3.77. The van der Waals surface area contributed by atoms with Gasteiger partial charge in [-0.1, -0.05) is 44.2 Å². The first-order chi connectivity index (χ1) is 7.86. The van der Waals surface area contributed by atoms with E-state index in [1.807, 2.05) is 24.4 Å². The van der Waals surface area contributed by atoms with Crippen LogP contribution in [-0.4, -0.2) is 10.2 Å². The van der Waals surface area contributed by atoms with E-state index in [9.17, 15) is 0 Å². The Morgan fingerprint density at radius 1 is 1.00 bits per heavy atom. The van der Waals surface area contributed by atoms with Crippen LogP contribution in [0.25, 0.3) is 11.3 Å². The van der Waals surface area contributed by atoms with Crippen LogP contribution in [0.5, 0.6) is 0 Å². The Balaban J connectivity index is 2.57. The molecule has 0 aliphatic heterocycles. The van der Waals surface area contributed by atoms with Gasteiger partial charge < -0.3 is 0 Å². The summed E-state index contributed by atoms with van der Waals surface area (Å²) in [5.74, 6) is 0. The molecule has 0 saturated carbocycles. The minimum absolute atomic E-state index is 1.00. The van der Waals surface area contributed by atoms with Crippen LogP contribution >= 0.6 is 0 Å². The third kappa shape index (κ3) is 1.96. The number of aryl methyl sites for hydroxylation is 1. The fourth-order valence-corrected chi connectivity index (χ4v) is 1.97. The van der Waals surface area contributed by atoms with E-state index in [1.54, 1.807) is 0 Å². The van der Waals surface area contributed by atoms with Gasteiger partial charge in [0.2, 0.25) is 0 Å². The van der Waals surface area contributed by atoms with Gasteiger partial charge in [-0.2, -0.15) is 10.2 Å². The molecule has 0 bridgehead atoms. The Labute approximate surface area is 96.4 Å². The van der Waals surface area contributed by atoms with Gasteiger partial charge in [-0.15, -0.1) is 0 Å². The first-order valence-corrected chi connectivity index (χ1v) is 5.75. The van der Waals surface area contributed by atoms with Gasteiger partial charge in [0.15, 0.2) is 0 Å². The van der Waals surface area contributed by atoms with Crippen LogP contribution in [0.1, 0.15) is 25.0 Å². The van der Waals surface area contributed by atoms with Crippen molar-refractivity contribution >= 4 is 0 Å². The summed E-state index contributed by atoms with van der Waals surface area (Å²) in [6, 6.07) is 10.3. The van der Waals surface area contributed by atoms with Crippen molar-refractivity contribution < 1.29 is 0 Å². The SMILES string of the molecule is CCc1cnnc(-c2ccccc2)c1CC. The largest absolute Gasteiger partial charge is 0.158 e. The van der Waals surface area contributed by atoms with Gasteiger partial charge in [-0.3, -0.25) is 0 Å². The fraction of sp³-hybridized carbons (Fsp3) is 0.286. The molecule has 0 aliphatic carbocycles. The number of nitrogens with zero attached hydrogens (tertiary/aromatic N) is 2. The van der Waals surface area contributed by atoms with Crippen LogP contribution in [0.3, 0.4) is 0 Å². The van der Waals surface area contributed by atoms with Crippen molar-refractivity contribution in [2.24, 2.45) is 0 Å². The number of hydrogen-bond donors (Lipinski definition) is 0. The lowest BCUT2D eigenvalue weighted by Crippen LogP contribution is -2.00. The van der Waals surface area contributed by atoms with Gasteiger partial charge in [0.1, 0.15) is 0 Å². The lowest BCUT2D eigenvalue weighted by molar-refractivity contribution is 0.935. The monoisotopic (exact) mass is 212 g/mol. The first kappa shape index (κ1) is 10.8. The van der Waals surface area contributed by atoms with Crippen molar-refractivity contribution in [3.8, 4) is 11.3 Å². The maximum absolute atomic E-state index is 4.28. The second-order valence-corrected chi connectivity index (χ2v) is 3.77. The van der Waals surface area contributed by atoms with E-state index in [1.165, 1.54) is 11.1 Å². The normalized spacial score (nSPS) is 10.4. The maximum atomic E-state index is 4.28. The van der Waals surface area contributed by atoms with E-state index >= 15 is 0 Å². The van der Waals surface area contributed by atoms with E-state index in [4.69, 9.17) is 0 Å². The summed E-state index contributed by atoms with van der Waals surface area (Å²) in [7, 11) is 0. The molecule has 1 aromatic carbocycles. The van der Waals surface area contributed by atoms with Crippen LogP contribution < -0.4 is 0 Å². The molecule has 0 amide bonds. The highest BCUT2D eigenvalue weighted by atomic mass is 15.1. The molecule has 2 heteroatoms. The van der Waals surface area contributed by atoms with Crippen molar-refractivity contribution in [2.45, 2.75) is 26.7 Å². The number of hydrogen-bond acceptors (Lipinski definition) is 2. The highest BCUT2D eigenvalue weighted by Crippen LogP contribution is 2.23. The summed E-state index contributed by atoms with van der Waals surface area (Å²) in [6.45, 7) is 4.33. The zero-order valence-corrected chi connectivity index (χ0v) is 9.77. The van der Waals surface area contributed by atoms with Crippen molar-refractivity contribution in [1.29, 1.82) is 0 Å². The molecule has 1 heterocycles. The molecule has 0 aliphatic rings. The molecule has 16 heavy (non-hydrogen) atoms. The molecule has 2 nitrogen and oxygen atoms in total. The molecular weight excluding hydrogens is 196 g/mol. The Bertz CT molecular complexity index is 463. The summed E-state index contributed by atoms with van der Waals surface area (Å²) >= 11 is 0. The highest BCUT2D eigenvalue weighted by Gasteiger charge is 2.09. The minimum Gasteiger partial charge on any atom is -0.158 e. The Hall–Kier alpha value is -1.70. The number of aromatic nitrogens is 2. The summed E-state index contributed by atoms with van der Waals surface area (Å²) in [5, 5.41) is 8.37. The van der Waals surface area contributed by atoms with Gasteiger partial charge in [0, 0.05) is 5.56 Å². The molecule has 0 N–H and O–H groups in total. The second kappa shape index (κ2) is 4.88. The van der Waals surface area contributed by atoms with Gasteiger partial charge in [0.25, 0.3) is 0 Å². The summed E-state index contributed by atoms with van der Waals surface area (Å²) in [5.41, 5.74) is 4.81. The number of benzene rings is 1. The number of rotatable bonds is 3.